The molecule has 0 aromatic carbocycles. The van der Waals surface area contributed by atoms with Crippen molar-refractivity contribution in [2.75, 3.05) is 78.0 Å². The van der Waals surface area contributed by atoms with Gasteiger partial charge in [0.1, 0.15) is 28.0 Å². The fraction of sp³-hybridized carbons (Fsp3) is 0.895. The maximum Gasteiger partial charge on any atom is 0.146 e. The van der Waals surface area contributed by atoms with E-state index in [1.54, 1.807) is 0 Å². The minimum Gasteiger partial charge on any atom is -0.389 e. The Balaban J connectivity index is 0.000000373. The SMILES string of the molecule is C=P(C)(C)CC[C@H]1O[C@@H](C)[C@H](Cl)[C@@H]1O.C=P(C)(C)CC[C@H]1O[C@@H](C)[C@H](I)[C@@H]1O.[B][C@@H]1O[C@H](CCP(=C)(C)C)[C@@H](O)[C@H]1Br.[B][C@@H]1O[C@H](CCP(=C)(C)C)[C@@H](O)[C@H]1F. The van der Waals surface area contributed by atoms with Crippen LogP contribution in [-0.2, 0) is 18.9 Å². The van der Waals surface area contributed by atoms with Crippen molar-refractivity contribution < 1.29 is 43.8 Å². The molecule has 0 bridgehead atoms. The lowest BCUT2D eigenvalue weighted by atomic mass is 9.94. The molecule has 4 radical (unpaired) electrons. The van der Waals surface area contributed by atoms with Crippen LogP contribution in [-0.4, -0.2) is 233 Å². The second kappa shape index (κ2) is 24.5. The smallest absolute Gasteiger partial charge is 0.146 e. The van der Waals surface area contributed by atoms with Crippen molar-refractivity contribution in [3.63, 3.8) is 0 Å². The maximum absolute atomic E-state index is 13.1. The van der Waals surface area contributed by atoms with E-state index in [-0.39, 0.29) is 56.8 Å². The fourth-order valence-corrected chi connectivity index (χ4v) is 11.3. The van der Waals surface area contributed by atoms with Crippen LogP contribution in [0.4, 0.5) is 4.39 Å². The molecule has 4 aliphatic heterocycles. The predicted molar refractivity (Wildman–Crippen MR) is 268 cm³/mol. The van der Waals surface area contributed by atoms with Crippen LogP contribution in [0, 0.1) is 0 Å². The van der Waals surface area contributed by atoms with Crippen LogP contribution in [0.5, 0.6) is 0 Å². The minimum atomic E-state index is -1.45. The number of hydrogen-bond donors (Lipinski definition) is 4. The van der Waals surface area contributed by atoms with Crippen molar-refractivity contribution in [1.29, 1.82) is 0 Å². The molecule has 4 fully saturated rings. The van der Waals surface area contributed by atoms with Crippen molar-refractivity contribution in [3.05, 3.63) is 0 Å². The molecule has 56 heavy (non-hydrogen) atoms. The number of halogens is 4. The first kappa shape index (κ1) is 56.5. The zero-order valence-corrected chi connectivity index (χ0v) is 43.7. The van der Waals surface area contributed by atoms with Crippen molar-refractivity contribution in [1.82, 2.24) is 0 Å². The third-order valence-corrected chi connectivity index (χ3v) is 19.2. The van der Waals surface area contributed by atoms with Crippen LogP contribution in [0.15, 0.2) is 0 Å². The van der Waals surface area contributed by atoms with Crippen molar-refractivity contribution >= 4 is 119 Å². The van der Waals surface area contributed by atoms with Crippen LogP contribution in [0.25, 0.3) is 0 Å². The number of rotatable bonds is 12. The molecule has 0 saturated carbocycles. The average Bonchev–Trinajstić information content (AvgIpc) is 3.66. The lowest BCUT2D eigenvalue weighted by Crippen LogP contribution is -2.29. The Morgan fingerprint density at radius 3 is 1.16 bits per heavy atom. The van der Waals surface area contributed by atoms with Crippen molar-refractivity contribution in [2.45, 2.75) is 133 Å². The molecule has 16 atom stereocenters. The molecule has 4 rings (SSSR count). The summed E-state index contributed by atoms with van der Waals surface area (Å²) in [5, 5.41) is 38.6. The summed E-state index contributed by atoms with van der Waals surface area (Å²) in [5.41, 5.74) is 0. The van der Waals surface area contributed by atoms with Crippen LogP contribution in [0.1, 0.15) is 39.5 Å². The predicted octanol–water partition coefficient (Wildman–Crippen LogP) is 5.66. The monoisotopic (exact) mass is 1060 g/mol. The van der Waals surface area contributed by atoms with Crippen LogP contribution < -0.4 is 0 Å². The van der Waals surface area contributed by atoms with Crippen molar-refractivity contribution in [3.8, 4) is 0 Å². The molecule has 0 spiro atoms. The largest absolute Gasteiger partial charge is 0.389 e. The second-order valence-electron chi connectivity index (χ2n) is 18.6. The highest BCUT2D eigenvalue weighted by atomic mass is 127. The highest BCUT2D eigenvalue weighted by molar-refractivity contribution is 14.1. The van der Waals surface area contributed by atoms with Crippen LogP contribution in [0.2, 0.25) is 0 Å². The number of aliphatic hydroxyl groups is 4. The molecule has 4 aliphatic rings. The Morgan fingerprint density at radius 1 is 0.589 bits per heavy atom. The van der Waals surface area contributed by atoms with Gasteiger partial charge in [0.25, 0.3) is 0 Å². The molecular weight excluding hydrogens is 991 g/mol. The fourth-order valence-electron chi connectivity index (χ4n) is 6.20. The van der Waals surface area contributed by atoms with E-state index in [0.717, 1.165) is 43.9 Å². The van der Waals surface area contributed by atoms with Gasteiger partial charge in [-0.25, -0.2) is 4.39 Å². The minimum absolute atomic E-state index is 0.0351. The van der Waals surface area contributed by atoms with Gasteiger partial charge in [-0.05, 0) is 117 Å². The topological polar surface area (TPSA) is 118 Å². The van der Waals surface area contributed by atoms with Gasteiger partial charge < -0.3 is 39.4 Å². The molecule has 18 heteroatoms. The van der Waals surface area contributed by atoms with Gasteiger partial charge in [-0.15, -0.1) is 64.3 Å². The zero-order chi connectivity index (χ0) is 43.7. The van der Waals surface area contributed by atoms with Gasteiger partial charge in [0, 0.05) is 6.00 Å². The normalized spacial score (nSPS) is 38.9. The number of alkyl halides is 4. The number of hydrogen-bond acceptors (Lipinski definition) is 8. The quantitative estimate of drug-likeness (QED) is 0.0858. The first-order valence-electron chi connectivity index (χ1n) is 19.4. The van der Waals surface area contributed by atoms with Crippen molar-refractivity contribution in [2.24, 2.45) is 0 Å². The molecule has 328 valence electrons. The summed E-state index contributed by atoms with van der Waals surface area (Å²) in [5.74, 6) is 0. The number of ether oxygens (including phenoxy) is 4. The van der Waals surface area contributed by atoms with Gasteiger partial charge in [-0.2, -0.15) is 0 Å². The molecule has 0 unspecified atom stereocenters. The van der Waals surface area contributed by atoms with E-state index in [2.05, 4.69) is 117 Å². The third kappa shape index (κ3) is 21.2. The Hall–Kier alpha value is 2.44. The Kier molecular flexibility index (Phi) is 24.7. The van der Waals surface area contributed by atoms with E-state index in [1.165, 1.54) is 0 Å². The summed E-state index contributed by atoms with van der Waals surface area (Å²) >= 11 is 11.6. The summed E-state index contributed by atoms with van der Waals surface area (Å²) in [6.07, 6.45) is 19.5. The van der Waals surface area contributed by atoms with E-state index >= 15 is 0 Å². The summed E-state index contributed by atoms with van der Waals surface area (Å²) in [6, 6.07) is -1.36. The molecule has 4 N–H and O–H groups in total. The lowest BCUT2D eigenvalue weighted by molar-refractivity contribution is 0.0150. The molecular formula is C38H74B2BrClFIO8P4. The third-order valence-electron chi connectivity index (χ3n) is 9.87. The van der Waals surface area contributed by atoms with Crippen LogP contribution in [0.3, 0.4) is 0 Å². The summed E-state index contributed by atoms with van der Waals surface area (Å²) < 4.78 is 35.2. The zero-order valence-electron chi connectivity index (χ0n) is 35.6. The lowest BCUT2D eigenvalue weighted by Gasteiger charge is -2.18. The highest BCUT2D eigenvalue weighted by Crippen LogP contribution is 2.41. The maximum atomic E-state index is 13.1. The molecule has 4 saturated heterocycles. The first-order valence-corrected chi connectivity index (χ1v) is 34.2. The average molecular weight is 1070 g/mol. The Bertz CT molecular complexity index is 1170. The Morgan fingerprint density at radius 2 is 0.911 bits per heavy atom. The molecule has 0 aromatic rings. The van der Waals surface area contributed by atoms with E-state index in [0.29, 0.717) is 6.42 Å². The van der Waals surface area contributed by atoms with Gasteiger partial charge in [-0.3, -0.25) is 0 Å². The van der Waals surface area contributed by atoms with E-state index in [9.17, 15) is 24.8 Å². The number of aliphatic hydroxyl groups excluding tert-OH is 4. The molecule has 0 aromatic heterocycles. The summed E-state index contributed by atoms with van der Waals surface area (Å²) in [6.45, 7) is 17.2. The molecule has 0 aliphatic carbocycles. The van der Waals surface area contributed by atoms with E-state index in [4.69, 9.17) is 46.2 Å². The summed E-state index contributed by atoms with van der Waals surface area (Å²) in [4.78, 5) is -0.140. The molecule has 0 amide bonds. The van der Waals surface area contributed by atoms with Gasteiger partial charge in [0.2, 0.25) is 0 Å². The second-order valence-corrected chi connectivity index (χ2v) is 38.8. The highest BCUT2D eigenvalue weighted by Gasteiger charge is 2.42. The van der Waals surface area contributed by atoms with E-state index < -0.39 is 64.1 Å². The Labute approximate surface area is 370 Å². The van der Waals surface area contributed by atoms with Crippen LogP contribution >= 0.6 is 77.7 Å². The van der Waals surface area contributed by atoms with Gasteiger partial charge >= 0.3 is 0 Å². The van der Waals surface area contributed by atoms with Gasteiger partial charge in [0.05, 0.1) is 75.1 Å². The first-order chi connectivity index (χ1) is 25.2. The summed E-state index contributed by atoms with van der Waals surface area (Å²) in [7, 11) is 11.0. The molecule has 8 nitrogen and oxygen atoms in total. The van der Waals surface area contributed by atoms with Gasteiger partial charge in [-0.1, -0.05) is 38.5 Å². The van der Waals surface area contributed by atoms with E-state index in [1.807, 2.05) is 13.8 Å². The van der Waals surface area contributed by atoms with Gasteiger partial charge in [0.15, 0.2) is 0 Å². The standard InChI is InChI=1S/C10H20ClO2P.C10H20IO2P.C9H17BBrO2P.C9H17BFO2P/c2*1-7-9(11)10(12)8(13-7)5-6-14(2,3)4;2*1-14(2,3)5-4-6-8(12)7(11)9(10)13-6/h2*7-10,12H,2,5-6H2,1,3-4H3;2*6-9,12H,1,4-5H2,2-3H3/t2*7-,8+,9-,10+;2*6-,7-,8-,9-/m0011/s1. The molecule has 4 heterocycles.